The minimum atomic E-state index is -5.08. The predicted octanol–water partition coefficient (Wildman–Crippen LogP) is 7.59. The number of nitrogens with zero attached hydrogens (tertiary/aromatic N) is 2. The fourth-order valence-electron chi connectivity index (χ4n) is 7.08. The molecule has 0 amide bonds. The lowest BCUT2D eigenvalue weighted by molar-refractivity contribution is -0.605. The van der Waals surface area contributed by atoms with E-state index >= 15 is 4.39 Å². The van der Waals surface area contributed by atoms with E-state index in [2.05, 4.69) is 14.4 Å². The molecule has 4 aliphatic rings. The topological polar surface area (TPSA) is 185 Å². The lowest BCUT2D eigenvalue weighted by Gasteiger charge is -2.44. The van der Waals surface area contributed by atoms with Crippen LogP contribution in [0.4, 0.5) is 26.3 Å². The molecule has 8 rings (SSSR count). The number of fused-ring (bicyclic) bond motifs is 3. The summed E-state index contributed by atoms with van der Waals surface area (Å²) in [5.74, 6) is -5.53. The first-order valence-corrected chi connectivity index (χ1v) is 22.0. The number of piperidine rings is 3. The lowest BCUT2D eigenvalue weighted by atomic mass is 9.86. The number of carbonyl (C=O) groups is 3. The van der Waals surface area contributed by atoms with Crippen LogP contribution in [0.15, 0.2) is 84.0 Å². The van der Waals surface area contributed by atoms with Gasteiger partial charge in [0.05, 0.1) is 17.1 Å². The number of alkyl halides is 5. The Hall–Kier alpha value is -5.35. The summed E-state index contributed by atoms with van der Waals surface area (Å²) in [5.41, 5.74) is -0.0320. The van der Waals surface area contributed by atoms with Crippen molar-refractivity contribution in [3.63, 3.8) is 0 Å². The minimum Gasteiger partial charge on any atom is -0.619 e. The average Bonchev–Trinajstić information content (AvgIpc) is 4.08. The Bertz CT molecular complexity index is 2470. The summed E-state index contributed by atoms with van der Waals surface area (Å²) in [6.07, 6.45) is -1.49. The van der Waals surface area contributed by atoms with Gasteiger partial charge in [0, 0.05) is 24.1 Å². The van der Waals surface area contributed by atoms with Gasteiger partial charge in [0.2, 0.25) is 10.0 Å². The highest BCUT2D eigenvalue weighted by Crippen LogP contribution is 2.38. The number of aromatic nitrogens is 1. The molecule has 3 aromatic carbocycles. The van der Waals surface area contributed by atoms with Crippen molar-refractivity contribution in [2.45, 2.75) is 68.0 Å². The molecule has 3 saturated heterocycles. The minimum absolute atomic E-state index is 0.0380. The second-order valence-electron chi connectivity index (χ2n) is 15.2. The molecule has 3 aliphatic heterocycles. The highest BCUT2D eigenvalue weighted by molar-refractivity contribution is 7.89. The largest absolute Gasteiger partial charge is 0.619 e. The number of nitrogens with one attached hydrogen (secondary N) is 1. The third kappa shape index (κ3) is 13.1. The zero-order valence-electron chi connectivity index (χ0n) is 33.7. The number of sulfonamides is 1. The Morgan fingerprint density at radius 1 is 0.938 bits per heavy atom. The standard InChI is InChI=1S/C40H38Cl2F3N3O9S.C2HF3O2/c41-30-19-48(51)20-31(42)29(30)18-34(25-10-11-33(57-40(44)45)35(17-25)54-22-23-8-9-23)55-38(49)26-4-3-5-27(16-26)58(52,53)46-37(28-6-1-2-7-32(28)43)39(50)56-36-21-47-14-12-24(36)13-15-47;3-2(4,5)1(6)7/h1-7,10-11,16-17,19-20,23-24,34,36-37,40,46H,8-9,12-15,18,21-22H2;(H,6,7)/t34-,36-,37?;/m0./s1. The van der Waals surface area contributed by atoms with Gasteiger partial charge in [-0.2, -0.15) is 31.4 Å². The van der Waals surface area contributed by atoms with Crippen LogP contribution in [-0.4, -0.2) is 81.5 Å². The molecule has 0 radical (unpaired) electrons. The number of hydrogen-bond donors (Lipinski definition) is 2. The van der Waals surface area contributed by atoms with Crippen molar-refractivity contribution < 1.29 is 77.9 Å². The number of hydrogen-bond acceptors (Lipinski definition) is 11. The second-order valence-corrected chi connectivity index (χ2v) is 17.8. The number of rotatable bonds is 16. The summed E-state index contributed by atoms with van der Waals surface area (Å²) in [6.45, 7) is -0.691. The van der Waals surface area contributed by atoms with E-state index < -0.39 is 69.7 Å². The molecule has 65 heavy (non-hydrogen) atoms. The number of carbonyl (C=O) groups excluding carboxylic acids is 2. The van der Waals surface area contributed by atoms with E-state index in [0.717, 1.165) is 63.3 Å². The second kappa shape index (κ2) is 20.9. The molecule has 23 heteroatoms. The molecule has 2 bridgehead atoms. The number of halogens is 8. The normalized spacial score (nSPS) is 19.1. The molecular weight excluding hydrogens is 939 g/mol. The highest BCUT2D eigenvalue weighted by Gasteiger charge is 2.40. The number of benzene rings is 3. The predicted molar refractivity (Wildman–Crippen MR) is 217 cm³/mol. The van der Waals surface area contributed by atoms with Crippen molar-refractivity contribution in [3.8, 4) is 11.5 Å². The summed E-state index contributed by atoms with van der Waals surface area (Å²) in [5, 5.41) is 19.0. The fourth-order valence-corrected chi connectivity index (χ4v) is 8.89. The van der Waals surface area contributed by atoms with Crippen molar-refractivity contribution in [2.75, 3.05) is 26.2 Å². The van der Waals surface area contributed by atoms with Crippen LogP contribution in [0, 0.1) is 22.9 Å². The van der Waals surface area contributed by atoms with E-state index in [-0.39, 0.29) is 68.7 Å². The molecule has 0 spiro atoms. The zero-order chi connectivity index (χ0) is 47.2. The Balaban J connectivity index is 0.000000925. The molecule has 3 atom stereocenters. The van der Waals surface area contributed by atoms with Crippen molar-refractivity contribution >= 4 is 51.1 Å². The summed E-state index contributed by atoms with van der Waals surface area (Å²) in [7, 11) is -4.64. The maximum atomic E-state index is 15.2. The van der Waals surface area contributed by atoms with Crippen molar-refractivity contribution in [2.24, 2.45) is 11.8 Å². The van der Waals surface area contributed by atoms with Gasteiger partial charge in [-0.1, -0.05) is 53.5 Å². The van der Waals surface area contributed by atoms with Gasteiger partial charge in [-0.05, 0) is 92.6 Å². The first-order valence-electron chi connectivity index (χ1n) is 19.8. The SMILES string of the molecule is O=C(O)C(F)(F)F.O=C(O[C@@H](Cc1c(Cl)c[n+]([O-])cc1Cl)c1ccc(OC(F)F)c(OCC2CC2)c1)c1cccc(S(=O)(=O)NC(C(=O)O[C@H]2CN3CCC2CC3)c2ccccc2F)c1. The van der Waals surface area contributed by atoms with Gasteiger partial charge in [-0.3, -0.25) is 4.90 Å². The first kappa shape index (κ1) is 49.1. The van der Waals surface area contributed by atoms with Gasteiger partial charge in [0.25, 0.3) is 0 Å². The number of carboxylic acids is 1. The van der Waals surface area contributed by atoms with E-state index in [0.29, 0.717) is 11.3 Å². The highest BCUT2D eigenvalue weighted by atomic mass is 35.5. The summed E-state index contributed by atoms with van der Waals surface area (Å²) in [6, 6.07) is 12.2. The van der Waals surface area contributed by atoms with Crippen LogP contribution < -0.4 is 18.9 Å². The molecule has 1 unspecified atom stereocenters. The lowest BCUT2D eigenvalue weighted by Crippen LogP contribution is -2.52. The smallest absolute Gasteiger partial charge is 0.490 e. The number of carboxylic acid groups (broad SMARTS) is 1. The molecule has 4 aromatic rings. The molecule has 4 heterocycles. The van der Waals surface area contributed by atoms with Crippen LogP contribution in [0.25, 0.3) is 0 Å². The fraction of sp³-hybridized carbons (Fsp3) is 0.381. The Morgan fingerprint density at radius 3 is 2.18 bits per heavy atom. The molecule has 14 nitrogen and oxygen atoms in total. The van der Waals surface area contributed by atoms with Crippen LogP contribution in [0.1, 0.15) is 64.9 Å². The summed E-state index contributed by atoms with van der Waals surface area (Å²) >= 11 is 12.8. The van der Waals surface area contributed by atoms with Gasteiger partial charge in [0.15, 0.2) is 23.9 Å². The quantitative estimate of drug-likeness (QED) is 0.0486. The van der Waals surface area contributed by atoms with Crippen molar-refractivity contribution in [3.05, 3.63) is 122 Å². The monoisotopic (exact) mass is 977 g/mol. The van der Waals surface area contributed by atoms with E-state index in [4.69, 9.17) is 47.3 Å². The van der Waals surface area contributed by atoms with Crippen LogP contribution in [0.5, 0.6) is 11.5 Å². The molecule has 350 valence electrons. The van der Waals surface area contributed by atoms with E-state index in [1.54, 1.807) is 0 Å². The maximum absolute atomic E-state index is 15.2. The van der Waals surface area contributed by atoms with Crippen LogP contribution >= 0.6 is 23.2 Å². The molecule has 4 fully saturated rings. The van der Waals surface area contributed by atoms with Gasteiger partial charge < -0.3 is 29.3 Å². The maximum Gasteiger partial charge on any atom is 0.490 e. The first-order chi connectivity index (χ1) is 30.7. The van der Waals surface area contributed by atoms with E-state index in [1.807, 2.05) is 0 Å². The third-order valence-corrected chi connectivity index (χ3v) is 12.7. The molecule has 1 aliphatic carbocycles. The number of pyridine rings is 1. The van der Waals surface area contributed by atoms with Crippen LogP contribution in [-0.2, 0) is 35.5 Å². The Kier molecular flexibility index (Phi) is 15.8. The Morgan fingerprint density at radius 2 is 1.60 bits per heavy atom. The number of ether oxygens (including phenoxy) is 4. The molecule has 1 aromatic heterocycles. The van der Waals surface area contributed by atoms with Gasteiger partial charge in [-0.25, -0.2) is 27.2 Å². The van der Waals surface area contributed by atoms with Gasteiger partial charge in [0.1, 0.15) is 34.1 Å². The Labute approximate surface area is 377 Å². The van der Waals surface area contributed by atoms with Crippen molar-refractivity contribution in [1.29, 1.82) is 0 Å². The van der Waals surface area contributed by atoms with Gasteiger partial charge >= 0.3 is 30.7 Å². The molecular formula is C42H39Cl2F6N3O11S. The summed E-state index contributed by atoms with van der Waals surface area (Å²) < 4.78 is 126. The average molecular weight is 979 g/mol. The van der Waals surface area contributed by atoms with Crippen molar-refractivity contribution in [1.82, 2.24) is 9.62 Å². The van der Waals surface area contributed by atoms with E-state index in [9.17, 15) is 45.2 Å². The molecule has 1 saturated carbocycles. The number of aliphatic carboxylic acids is 1. The zero-order valence-corrected chi connectivity index (χ0v) is 36.0. The van der Waals surface area contributed by atoms with Gasteiger partial charge in [-0.15, -0.1) is 0 Å². The number of esters is 2. The third-order valence-electron chi connectivity index (χ3n) is 10.6. The van der Waals surface area contributed by atoms with Crippen LogP contribution in [0.2, 0.25) is 10.0 Å². The molecule has 2 N–H and O–H groups in total. The summed E-state index contributed by atoms with van der Waals surface area (Å²) in [4.78, 5) is 38.2. The van der Waals surface area contributed by atoms with E-state index in [1.165, 1.54) is 54.6 Å². The van der Waals surface area contributed by atoms with Crippen LogP contribution in [0.3, 0.4) is 0 Å².